The molecule has 2 rings (SSSR count). The Balaban J connectivity index is 2.33. The largest absolute Gasteiger partial charge is 0.496 e. The Morgan fingerprint density at radius 3 is 2.62 bits per heavy atom. The lowest BCUT2D eigenvalue weighted by Gasteiger charge is -2.22. The number of likely N-dealkylation sites (N-methyl/N-ethyl adjacent to an activating group) is 1. The van der Waals surface area contributed by atoms with Gasteiger partial charge in [0.2, 0.25) is 0 Å². The zero-order valence-electron chi connectivity index (χ0n) is 12.8. The smallest absolute Gasteiger partial charge is 0.123 e. The Bertz CT molecular complexity index is 598. The average molecular weight is 348 g/mol. The van der Waals surface area contributed by atoms with E-state index in [-0.39, 0.29) is 6.04 Å². The van der Waals surface area contributed by atoms with Gasteiger partial charge < -0.3 is 10.1 Å². The van der Waals surface area contributed by atoms with Crippen LogP contribution in [0, 0.1) is 6.92 Å². The number of aryl methyl sites for hydroxylation is 1. The van der Waals surface area contributed by atoms with E-state index in [9.17, 15) is 0 Å². The second-order valence-corrected chi connectivity index (χ2v) is 6.01. The highest BCUT2D eigenvalue weighted by molar-refractivity contribution is 9.10. The summed E-state index contributed by atoms with van der Waals surface area (Å²) in [7, 11) is 1.74. The van der Waals surface area contributed by atoms with Crippen LogP contribution in [0.25, 0.3) is 0 Å². The molecule has 21 heavy (non-hydrogen) atoms. The minimum Gasteiger partial charge on any atom is -0.496 e. The summed E-state index contributed by atoms with van der Waals surface area (Å²) in [5.41, 5.74) is 3.72. The topological polar surface area (TPSA) is 21.3 Å². The Kier molecular flexibility index (Phi) is 5.83. The molecule has 112 valence electrons. The molecule has 0 saturated carbocycles. The molecule has 0 bridgehead atoms. The molecule has 3 heteroatoms. The summed E-state index contributed by atoms with van der Waals surface area (Å²) in [5.74, 6) is 0.952. The lowest BCUT2D eigenvalue weighted by molar-refractivity contribution is 0.399. The highest BCUT2D eigenvalue weighted by Crippen LogP contribution is 2.30. The zero-order chi connectivity index (χ0) is 15.2. The predicted molar refractivity (Wildman–Crippen MR) is 92.0 cm³/mol. The van der Waals surface area contributed by atoms with Crippen molar-refractivity contribution in [3.05, 3.63) is 63.6 Å². The quantitative estimate of drug-likeness (QED) is 0.820. The van der Waals surface area contributed by atoms with Crippen molar-refractivity contribution in [2.45, 2.75) is 26.3 Å². The molecule has 0 heterocycles. The minimum atomic E-state index is 0.240. The van der Waals surface area contributed by atoms with Crippen LogP contribution < -0.4 is 10.1 Å². The molecule has 0 aliphatic heterocycles. The molecule has 0 saturated heterocycles. The average Bonchev–Trinajstić information content (AvgIpc) is 2.49. The number of methoxy groups -OCH3 is 1. The summed E-state index contributed by atoms with van der Waals surface area (Å²) in [4.78, 5) is 0. The summed E-state index contributed by atoms with van der Waals surface area (Å²) in [6, 6.07) is 15.0. The summed E-state index contributed by atoms with van der Waals surface area (Å²) >= 11 is 3.64. The van der Waals surface area contributed by atoms with Crippen LogP contribution in [-0.2, 0) is 6.42 Å². The maximum absolute atomic E-state index is 5.57. The number of ether oxygens (including phenoxy) is 1. The van der Waals surface area contributed by atoms with E-state index >= 15 is 0 Å². The number of hydrogen-bond acceptors (Lipinski definition) is 2. The lowest BCUT2D eigenvalue weighted by atomic mass is 9.97. The van der Waals surface area contributed by atoms with E-state index in [0.717, 1.165) is 23.2 Å². The Labute approximate surface area is 135 Å². The van der Waals surface area contributed by atoms with Crippen LogP contribution >= 0.6 is 15.9 Å². The van der Waals surface area contributed by atoms with Gasteiger partial charge in [0, 0.05) is 16.1 Å². The number of rotatable bonds is 6. The Hall–Kier alpha value is -1.32. The highest BCUT2D eigenvalue weighted by Gasteiger charge is 2.17. The summed E-state index contributed by atoms with van der Waals surface area (Å²) in [6.45, 7) is 5.14. The molecule has 2 nitrogen and oxygen atoms in total. The van der Waals surface area contributed by atoms with E-state index in [0.29, 0.717) is 0 Å². The normalized spacial score (nSPS) is 12.2. The zero-order valence-corrected chi connectivity index (χ0v) is 14.4. The van der Waals surface area contributed by atoms with Gasteiger partial charge in [-0.05, 0) is 43.1 Å². The van der Waals surface area contributed by atoms with Gasteiger partial charge in [-0.25, -0.2) is 0 Å². The fourth-order valence-corrected chi connectivity index (χ4v) is 2.98. The van der Waals surface area contributed by atoms with Crippen molar-refractivity contribution in [1.29, 1.82) is 0 Å². The fraction of sp³-hybridized carbons (Fsp3) is 0.333. The lowest BCUT2D eigenvalue weighted by Crippen LogP contribution is -2.23. The van der Waals surface area contributed by atoms with E-state index in [1.807, 2.05) is 6.07 Å². The Morgan fingerprint density at radius 1 is 1.19 bits per heavy atom. The van der Waals surface area contributed by atoms with Crippen LogP contribution in [0.3, 0.4) is 0 Å². The molecule has 0 radical (unpaired) electrons. The van der Waals surface area contributed by atoms with Gasteiger partial charge in [0.05, 0.1) is 7.11 Å². The van der Waals surface area contributed by atoms with Crippen molar-refractivity contribution >= 4 is 15.9 Å². The minimum absolute atomic E-state index is 0.240. The molecule has 0 fully saturated rings. The van der Waals surface area contributed by atoms with Crippen molar-refractivity contribution in [3.63, 3.8) is 0 Å². The number of hydrogen-bond donors (Lipinski definition) is 1. The number of nitrogens with one attached hydrogen (secondary N) is 1. The second kappa shape index (κ2) is 7.62. The standard InChI is InChI=1S/C18H22BrNO/c1-4-20-17(12-14-7-5-6-8-16(14)19)15-10-9-13(2)11-18(15)21-3/h5-11,17,20H,4,12H2,1-3H3. The highest BCUT2D eigenvalue weighted by atomic mass is 79.9. The maximum atomic E-state index is 5.57. The Morgan fingerprint density at radius 2 is 1.95 bits per heavy atom. The molecular formula is C18H22BrNO. The molecule has 0 aromatic heterocycles. The molecule has 1 N–H and O–H groups in total. The molecular weight excluding hydrogens is 326 g/mol. The fourth-order valence-electron chi connectivity index (χ4n) is 2.53. The van der Waals surface area contributed by atoms with Crippen LogP contribution in [0.4, 0.5) is 0 Å². The molecule has 2 aromatic carbocycles. The monoisotopic (exact) mass is 347 g/mol. The number of benzene rings is 2. The first-order valence-electron chi connectivity index (χ1n) is 7.27. The van der Waals surface area contributed by atoms with Gasteiger partial charge in [-0.3, -0.25) is 0 Å². The summed E-state index contributed by atoms with van der Waals surface area (Å²) < 4.78 is 6.72. The maximum Gasteiger partial charge on any atom is 0.123 e. The summed E-state index contributed by atoms with van der Waals surface area (Å²) in [6.07, 6.45) is 0.925. The first-order valence-corrected chi connectivity index (χ1v) is 8.06. The first kappa shape index (κ1) is 16.1. The van der Waals surface area contributed by atoms with Gasteiger partial charge >= 0.3 is 0 Å². The predicted octanol–water partition coefficient (Wildman–Crippen LogP) is 4.66. The number of halogens is 1. The van der Waals surface area contributed by atoms with E-state index in [2.05, 4.69) is 71.5 Å². The third kappa shape index (κ3) is 4.08. The molecule has 0 aliphatic carbocycles. The molecule has 0 aliphatic rings. The SMILES string of the molecule is CCNC(Cc1ccccc1Br)c1ccc(C)cc1OC. The summed E-state index contributed by atoms with van der Waals surface area (Å²) in [5, 5.41) is 3.57. The third-order valence-electron chi connectivity index (χ3n) is 3.60. The van der Waals surface area contributed by atoms with Crippen LogP contribution in [0.1, 0.15) is 29.7 Å². The first-order chi connectivity index (χ1) is 10.2. The van der Waals surface area contributed by atoms with Gasteiger partial charge in [0.1, 0.15) is 5.75 Å². The van der Waals surface area contributed by atoms with E-state index < -0.39 is 0 Å². The van der Waals surface area contributed by atoms with Crippen LogP contribution in [0.5, 0.6) is 5.75 Å². The van der Waals surface area contributed by atoms with Crippen LogP contribution in [0.15, 0.2) is 46.9 Å². The van der Waals surface area contributed by atoms with Gasteiger partial charge in [0.15, 0.2) is 0 Å². The van der Waals surface area contributed by atoms with Gasteiger partial charge in [-0.1, -0.05) is 53.2 Å². The molecule has 1 atom stereocenters. The van der Waals surface area contributed by atoms with Gasteiger partial charge in [-0.2, -0.15) is 0 Å². The van der Waals surface area contributed by atoms with Crippen molar-refractivity contribution in [2.75, 3.05) is 13.7 Å². The van der Waals surface area contributed by atoms with Crippen molar-refractivity contribution in [3.8, 4) is 5.75 Å². The molecule has 2 aromatic rings. The van der Waals surface area contributed by atoms with E-state index in [1.165, 1.54) is 16.7 Å². The molecule has 0 amide bonds. The van der Waals surface area contributed by atoms with Gasteiger partial charge in [-0.15, -0.1) is 0 Å². The second-order valence-electron chi connectivity index (χ2n) is 5.15. The van der Waals surface area contributed by atoms with Gasteiger partial charge in [0.25, 0.3) is 0 Å². The van der Waals surface area contributed by atoms with Crippen LogP contribution in [0.2, 0.25) is 0 Å². The van der Waals surface area contributed by atoms with Crippen molar-refractivity contribution < 1.29 is 4.74 Å². The van der Waals surface area contributed by atoms with E-state index in [1.54, 1.807) is 7.11 Å². The molecule has 0 spiro atoms. The van der Waals surface area contributed by atoms with E-state index in [4.69, 9.17) is 4.74 Å². The third-order valence-corrected chi connectivity index (χ3v) is 4.37. The van der Waals surface area contributed by atoms with Crippen molar-refractivity contribution in [1.82, 2.24) is 5.32 Å². The molecule has 1 unspecified atom stereocenters. The van der Waals surface area contributed by atoms with Crippen LogP contribution in [-0.4, -0.2) is 13.7 Å². The van der Waals surface area contributed by atoms with Crippen molar-refractivity contribution in [2.24, 2.45) is 0 Å².